The number of ether oxygens (including phenoxy) is 1. The van der Waals surface area contributed by atoms with Crippen molar-refractivity contribution in [2.75, 3.05) is 38.7 Å². The van der Waals surface area contributed by atoms with E-state index in [4.69, 9.17) is 4.74 Å². The molecule has 0 spiro atoms. The number of nitrogens with zero attached hydrogens (tertiary/aromatic N) is 1. The average molecular weight is 346 g/mol. The van der Waals surface area contributed by atoms with Gasteiger partial charge in [-0.1, -0.05) is 12.1 Å². The van der Waals surface area contributed by atoms with Crippen molar-refractivity contribution in [3.63, 3.8) is 0 Å². The molecule has 138 valence electrons. The Labute approximate surface area is 150 Å². The molecule has 0 heterocycles. The Hall–Kier alpha value is -2.08. The van der Waals surface area contributed by atoms with Gasteiger partial charge < -0.3 is 20.7 Å². The number of hydrogen-bond donors (Lipinski definition) is 3. The third-order valence-electron chi connectivity index (χ3n) is 4.01. The van der Waals surface area contributed by atoms with E-state index in [0.29, 0.717) is 0 Å². The number of carbonyl (C=O) groups is 1. The van der Waals surface area contributed by atoms with Crippen LogP contribution in [0.2, 0.25) is 0 Å². The molecular formula is C19H30N4O2. The van der Waals surface area contributed by atoms with E-state index in [1.165, 1.54) is 25.3 Å². The van der Waals surface area contributed by atoms with Gasteiger partial charge in [0.2, 0.25) is 5.91 Å². The number of nitrogens with one attached hydrogen (secondary N) is 3. The predicted octanol–water partition coefficient (Wildman–Crippen LogP) is 2.17. The van der Waals surface area contributed by atoms with Crippen molar-refractivity contribution in [2.24, 2.45) is 10.9 Å². The molecule has 1 aromatic rings. The van der Waals surface area contributed by atoms with Crippen LogP contribution in [0.3, 0.4) is 0 Å². The molecule has 1 aliphatic carbocycles. The summed E-state index contributed by atoms with van der Waals surface area (Å²) < 4.78 is 5.62. The Morgan fingerprint density at radius 1 is 1.20 bits per heavy atom. The molecule has 25 heavy (non-hydrogen) atoms. The summed E-state index contributed by atoms with van der Waals surface area (Å²) in [6.45, 7) is 4.90. The van der Waals surface area contributed by atoms with Crippen LogP contribution in [0.25, 0.3) is 0 Å². The molecule has 0 atom stereocenters. The van der Waals surface area contributed by atoms with Crippen molar-refractivity contribution in [2.45, 2.75) is 32.6 Å². The summed E-state index contributed by atoms with van der Waals surface area (Å²) in [6.07, 6.45) is 4.55. The van der Waals surface area contributed by atoms with Crippen LogP contribution < -0.4 is 16.0 Å². The number of rotatable bonds is 10. The van der Waals surface area contributed by atoms with Gasteiger partial charge in [-0.3, -0.25) is 9.79 Å². The molecule has 6 heteroatoms. The number of carbonyl (C=O) groups excluding carboxylic acids is 1. The number of benzene rings is 1. The normalized spacial score (nSPS) is 14.2. The zero-order valence-corrected chi connectivity index (χ0v) is 15.3. The standard InChI is InChI=1S/C19H30N4O2/c1-15(24)23-18-8-6-16(7-9-18)10-12-22-19(20-2)21-11-3-13-25-14-17-4-5-17/h6-9,17H,3-5,10-14H2,1-2H3,(H,23,24)(H2,20,21,22). The van der Waals surface area contributed by atoms with Gasteiger partial charge in [0.25, 0.3) is 0 Å². The maximum absolute atomic E-state index is 11.0. The highest BCUT2D eigenvalue weighted by Crippen LogP contribution is 2.28. The summed E-state index contributed by atoms with van der Waals surface area (Å²) in [6, 6.07) is 7.90. The van der Waals surface area contributed by atoms with Crippen LogP contribution >= 0.6 is 0 Å². The first-order valence-corrected chi connectivity index (χ1v) is 9.06. The molecule has 0 saturated heterocycles. The van der Waals surface area contributed by atoms with E-state index in [1.54, 1.807) is 7.05 Å². The van der Waals surface area contributed by atoms with Gasteiger partial charge in [-0.2, -0.15) is 0 Å². The fourth-order valence-corrected chi connectivity index (χ4v) is 2.42. The lowest BCUT2D eigenvalue weighted by Gasteiger charge is -2.12. The molecule has 1 saturated carbocycles. The molecular weight excluding hydrogens is 316 g/mol. The van der Waals surface area contributed by atoms with Crippen molar-refractivity contribution in [1.82, 2.24) is 10.6 Å². The SMILES string of the molecule is CN=C(NCCCOCC1CC1)NCCc1ccc(NC(C)=O)cc1. The van der Waals surface area contributed by atoms with E-state index in [1.807, 2.05) is 24.3 Å². The van der Waals surface area contributed by atoms with Gasteiger partial charge in [0.15, 0.2) is 5.96 Å². The van der Waals surface area contributed by atoms with Gasteiger partial charge in [0, 0.05) is 46.0 Å². The lowest BCUT2D eigenvalue weighted by atomic mass is 10.1. The van der Waals surface area contributed by atoms with Gasteiger partial charge in [-0.15, -0.1) is 0 Å². The van der Waals surface area contributed by atoms with Crippen LogP contribution in [0, 0.1) is 5.92 Å². The molecule has 0 aliphatic heterocycles. The first-order valence-electron chi connectivity index (χ1n) is 9.06. The number of hydrogen-bond acceptors (Lipinski definition) is 3. The van der Waals surface area contributed by atoms with E-state index in [9.17, 15) is 4.79 Å². The zero-order valence-electron chi connectivity index (χ0n) is 15.3. The number of guanidine groups is 1. The summed E-state index contributed by atoms with van der Waals surface area (Å²) >= 11 is 0. The fourth-order valence-electron chi connectivity index (χ4n) is 2.42. The molecule has 0 bridgehead atoms. The number of anilines is 1. The van der Waals surface area contributed by atoms with E-state index in [0.717, 1.165) is 56.7 Å². The first-order chi connectivity index (χ1) is 12.2. The summed E-state index contributed by atoms with van der Waals surface area (Å²) in [5.74, 6) is 1.59. The minimum Gasteiger partial charge on any atom is -0.381 e. The summed E-state index contributed by atoms with van der Waals surface area (Å²) in [7, 11) is 1.78. The van der Waals surface area contributed by atoms with Crippen LogP contribution in [0.1, 0.15) is 31.7 Å². The molecule has 1 aromatic carbocycles. The molecule has 1 fully saturated rings. The van der Waals surface area contributed by atoms with Gasteiger partial charge >= 0.3 is 0 Å². The van der Waals surface area contributed by atoms with E-state index >= 15 is 0 Å². The Bertz CT molecular complexity index is 553. The van der Waals surface area contributed by atoms with Gasteiger partial charge in [0.05, 0.1) is 0 Å². The third-order valence-corrected chi connectivity index (χ3v) is 4.01. The molecule has 2 rings (SSSR count). The number of amides is 1. The van der Waals surface area contributed by atoms with E-state index < -0.39 is 0 Å². The average Bonchev–Trinajstić information content (AvgIpc) is 3.41. The first kappa shape index (κ1) is 19.2. The van der Waals surface area contributed by atoms with E-state index in [-0.39, 0.29) is 5.91 Å². The fraction of sp³-hybridized carbons (Fsp3) is 0.579. The van der Waals surface area contributed by atoms with Gasteiger partial charge in [-0.05, 0) is 49.3 Å². The van der Waals surface area contributed by atoms with Crippen molar-refractivity contribution in [3.05, 3.63) is 29.8 Å². The zero-order chi connectivity index (χ0) is 17.9. The van der Waals surface area contributed by atoms with Crippen LogP contribution in [0.15, 0.2) is 29.3 Å². The highest BCUT2D eigenvalue weighted by atomic mass is 16.5. The summed E-state index contributed by atoms with van der Waals surface area (Å²) in [5, 5.41) is 9.38. The molecule has 0 unspecified atom stereocenters. The summed E-state index contributed by atoms with van der Waals surface area (Å²) in [5.41, 5.74) is 2.04. The van der Waals surface area contributed by atoms with Crippen molar-refractivity contribution >= 4 is 17.6 Å². The van der Waals surface area contributed by atoms with Crippen LogP contribution in [0.5, 0.6) is 0 Å². The van der Waals surface area contributed by atoms with Crippen molar-refractivity contribution < 1.29 is 9.53 Å². The second-order valence-electron chi connectivity index (χ2n) is 6.43. The second-order valence-corrected chi connectivity index (χ2v) is 6.43. The van der Waals surface area contributed by atoms with Crippen molar-refractivity contribution in [1.29, 1.82) is 0 Å². The molecule has 6 nitrogen and oxygen atoms in total. The van der Waals surface area contributed by atoms with Crippen LogP contribution in [-0.4, -0.2) is 45.2 Å². The quantitative estimate of drug-likeness (QED) is 0.345. The maximum atomic E-state index is 11.0. The largest absolute Gasteiger partial charge is 0.381 e. The molecule has 1 amide bonds. The Morgan fingerprint density at radius 3 is 2.56 bits per heavy atom. The highest BCUT2D eigenvalue weighted by Gasteiger charge is 2.20. The Morgan fingerprint density at radius 2 is 1.92 bits per heavy atom. The topological polar surface area (TPSA) is 74.8 Å². The minimum atomic E-state index is -0.0535. The monoisotopic (exact) mass is 346 g/mol. The minimum absolute atomic E-state index is 0.0535. The molecule has 1 aliphatic rings. The van der Waals surface area contributed by atoms with E-state index in [2.05, 4.69) is 20.9 Å². The molecule has 0 radical (unpaired) electrons. The third kappa shape index (κ3) is 8.54. The van der Waals surface area contributed by atoms with Crippen molar-refractivity contribution in [3.8, 4) is 0 Å². The lowest BCUT2D eigenvalue weighted by Crippen LogP contribution is -2.39. The Balaban J connectivity index is 1.55. The predicted molar refractivity (Wildman–Crippen MR) is 102 cm³/mol. The summed E-state index contributed by atoms with van der Waals surface area (Å²) in [4.78, 5) is 15.2. The Kier molecular flexibility index (Phi) is 8.25. The van der Waals surface area contributed by atoms with Gasteiger partial charge in [-0.25, -0.2) is 0 Å². The number of aliphatic imine (C=N–C) groups is 1. The van der Waals surface area contributed by atoms with Crippen LogP contribution in [0.4, 0.5) is 5.69 Å². The van der Waals surface area contributed by atoms with Crippen LogP contribution in [-0.2, 0) is 16.0 Å². The molecule has 3 N–H and O–H groups in total. The van der Waals surface area contributed by atoms with Gasteiger partial charge in [0.1, 0.15) is 0 Å². The second kappa shape index (κ2) is 10.7. The lowest BCUT2D eigenvalue weighted by molar-refractivity contribution is -0.114. The smallest absolute Gasteiger partial charge is 0.221 e. The highest BCUT2D eigenvalue weighted by molar-refractivity contribution is 5.88. The molecule has 0 aromatic heterocycles. The maximum Gasteiger partial charge on any atom is 0.221 e.